The lowest BCUT2D eigenvalue weighted by molar-refractivity contribution is 0.103. The summed E-state index contributed by atoms with van der Waals surface area (Å²) in [6.07, 6.45) is 0.779. The van der Waals surface area contributed by atoms with Gasteiger partial charge in [-0.1, -0.05) is 78.4 Å². The molecule has 0 spiro atoms. The highest BCUT2D eigenvalue weighted by molar-refractivity contribution is 7.22. The van der Waals surface area contributed by atoms with E-state index < -0.39 is 0 Å². The molecule has 4 nitrogen and oxygen atoms in total. The average Bonchev–Trinajstić information content (AvgIpc) is 3.27. The molecule has 0 radical (unpaired) electrons. The van der Waals surface area contributed by atoms with E-state index in [0.29, 0.717) is 20.9 Å². The summed E-state index contributed by atoms with van der Waals surface area (Å²) in [7, 11) is 0. The van der Waals surface area contributed by atoms with Crippen LogP contribution >= 0.6 is 34.3 Å². The molecule has 1 N–H and O–H groups in total. The summed E-state index contributed by atoms with van der Waals surface area (Å²) in [6.45, 7) is 2.16. The first kappa shape index (κ1) is 18.1. The summed E-state index contributed by atoms with van der Waals surface area (Å²) in [5.41, 5.74) is 1.26. The lowest BCUT2D eigenvalue weighted by atomic mass is 9.98. The van der Waals surface area contributed by atoms with Gasteiger partial charge in [-0.25, -0.2) is 0 Å². The van der Waals surface area contributed by atoms with Crippen LogP contribution in [-0.2, 0) is 6.42 Å². The average molecular weight is 414 g/mol. The monoisotopic (exact) mass is 413 g/mol. The number of nitrogens with zero attached hydrogens (tertiary/aromatic N) is 2. The first-order valence-electron chi connectivity index (χ1n) is 8.47. The van der Waals surface area contributed by atoms with Crippen molar-refractivity contribution in [3.8, 4) is 0 Å². The molecule has 0 saturated heterocycles. The van der Waals surface area contributed by atoms with E-state index >= 15 is 0 Å². The Kier molecular flexibility index (Phi) is 5.20. The van der Waals surface area contributed by atoms with Gasteiger partial charge in [0.25, 0.3) is 5.91 Å². The fourth-order valence-electron chi connectivity index (χ4n) is 2.86. The van der Waals surface area contributed by atoms with E-state index in [1.807, 2.05) is 42.5 Å². The first-order chi connectivity index (χ1) is 13.1. The van der Waals surface area contributed by atoms with Gasteiger partial charge in [-0.05, 0) is 17.5 Å². The third-order valence-corrected chi connectivity index (χ3v) is 6.81. The maximum Gasteiger partial charge on any atom is 0.269 e. The van der Waals surface area contributed by atoms with Crippen LogP contribution in [0.1, 0.15) is 33.1 Å². The number of benzene rings is 2. The second-order valence-corrected chi connectivity index (χ2v) is 8.70. The number of carbonyl (C=O) groups is 1. The topological polar surface area (TPSA) is 54.9 Å². The summed E-state index contributed by atoms with van der Waals surface area (Å²) in [5.74, 6) is 0.0831. The van der Waals surface area contributed by atoms with Crippen molar-refractivity contribution in [3.05, 3.63) is 75.1 Å². The quantitative estimate of drug-likeness (QED) is 0.436. The molecular formula is C20H16ClN3OS2. The van der Waals surface area contributed by atoms with E-state index in [1.165, 1.54) is 28.2 Å². The van der Waals surface area contributed by atoms with Crippen LogP contribution in [0, 0.1) is 0 Å². The molecule has 2 heterocycles. The standard InChI is InChI=1S/C20H16ClN3OS2/c1-12(13-7-3-2-4-8-13)11-16-23-24-20(27-16)22-19(25)18-17(21)14-9-5-6-10-15(14)26-18/h2-10,12H,11H2,1H3,(H,22,24,25). The molecule has 0 saturated carbocycles. The number of aromatic nitrogens is 2. The highest BCUT2D eigenvalue weighted by Gasteiger charge is 2.19. The van der Waals surface area contributed by atoms with Crippen LogP contribution < -0.4 is 5.32 Å². The van der Waals surface area contributed by atoms with Gasteiger partial charge in [0.05, 0.1) is 5.02 Å². The Hall–Kier alpha value is -2.28. The lowest BCUT2D eigenvalue weighted by Crippen LogP contribution is -2.10. The van der Waals surface area contributed by atoms with E-state index in [4.69, 9.17) is 11.6 Å². The minimum atomic E-state index is -0.250. The number of fused-ring (bicyclic) bond motifs is 1. The van der Waals surface area contributed by atoms with Crippen LogP contribution in [0.5, 0.6) is 0 Å². The molecule has 0 aliphatic carbocycles. The van der Waals surface area contributed by atoms with E-state index in [1.54, 1.807) is 0 Å². The fraction of sp³-hybridized carbons (Fsp3) is 0.150. The third-order valence-electron chi connectivity index (χ3n) is 4.28. The molecule has 1 amide bonds. The number of nitrogens with one attached hydrogen (secondary N) is 1. The van der Waals surface area contributed by atoms with Gasteiger partial charge in [0.1, 0.15) is 9.88 Å². The van der Waals surface area contributed by atoms with E-state index in [-0.39, 0.29) is 5.91 Å². The number of amides is 1. The number of thiophene rings is 1. The first-order valence-corrected chi connectivity index (χ1v) is 10.5. The van der Waals surface area contributed by atoms with E-state index in [2.05, 4.69) is 34.6 Å². The normalized spacial score (nSPS) is 12.2. The Labute approximate surface area is 169 Å². The van der Waals surface area contributed by atoms with Gasteiger partial charge >= 0.3 is 0 Å². The summed E-state index contributed by atoms with van der Waals surface area (Å²) >= 11 is 9.15. The number of halogens is 1. The van der Waals surface area contributed by atoms with Crippen molar-refractivity contribution in [2.24, 2.45) is 0 Å². The molecular weight excluding hydrogens is 398 g/mol. The Morgan fingerprint density at radius 3 is 2.59 bits per heavy atom. The predicted molar refractivity (Wildman–Crippen MR) is 113 cm³/mol. The van der Waals surface area contributed by atoms with Crippen LogP contribution in [0.4, 0.5) is 5.13 Å². The Morgan fingerprint density at radius 2 is 1.81 bits per heavy atom. The van der Waals surface area contributed by atoms with Gasteiger partial charge in [0.15, 0.2) is 0 Å². The molecule has 1 unspecified atom stereocenters. The number of anilines is 1. The molecule has 4 rings (SSSR count). The second kappa shape index (κ2) is 7.76. The minimum absolute atomic E-state index is 0.250. The van der Waals surface area contributed by atoms with Gasteiger partial charge < -0.3 is 0 Å². The third kappa shape index (κ3) is 3.88. The molecule has 4 aromatic rings. The highest BCUT2D eigenvalue weighted by Crippen LogP contribution is 2.35. The number of rotatable bonds is 5. The van der Waals surface area contributed by atoms with Crippen molar-refractivity contribution >= 4 is 55.4 Å². The summed E-state index contributed by atoms with van der Waals surface area (Å²) in [4.78, 5) is 13.1. The van der Waals surface area contributed by atoms with Crippen molar-refractivity contribution in [1.29, 1.82) is 0 Å². The number of carbonyl (C=O) groups excluding carboxylic acids is 1. The van der Waals surface area contributed by atoms with Crippen molar-refractivity contribution < 1.29 is 4.79 Å². The minimum Gasteiger partial charge on any atom is -0.296 e. The Morgan fingerprint density at radius 1 is 1.07 bits per heavy atom. The van der Waals surface area contributed by atoms with Gasteiger partial charge in [0, 0.05) is 16.5 Å². The number of hydrogen-bond donors (Lipinski definition) is 1. The summed E-state index contributed by atoms with van der Waals surface area (Å²) in [5, 5.41) is 13.9. The second-order valence-electron chi connectivity index (χ2n) is 6.21. The maximum absolute atomic E-state index is 12.6. The lowest BCUT2D eigenvalue weighted by Gasteiger charge is -2.08. The SMILES string of the molecule is CC(Cc1nnc(NC(=O)c2sc3ccccc3c2Cl)s1)c1ccccc1. The summed E-state index contributed by atoms with van der Waals surface area (Å²) in [6, 6.07) is 18.0. The van der Waals surface area contributed by atoms with Gasteiger partial charge in [-0.2, -0.15) is 0 Å². The van der Waals surface area contributed by atoms with E-state index in [9.17, 15) is 4.79 Å². The van der Waals surface area contributed by atoms with Gasteiger partial charge in [0.2, 0.25) is 5.13 Å². The Balaban J connectivity index is 1.47. The van der Waals surface area contributed by atoms with Crippen LogP contribution in [0.25, 0.3) is 10.1 Å². The largest absolute Gasteiger partial charge is 0.296 e. The molecule has 27 heavy (non-hydrogen) atoms. The van der Waals surface area contributed by atoms with Crippen LogP contribution in [0.2, 0.25) is 5.02 Å². The van der Waals surface area contributed by atoms with Crippen molar-refractivity contribution in [2.75, 3.05) is 5.32 Å². The van der Waals surface area contributed by atoms with Gasteiger partial charge in [-0.15, -0.1) is 21.5 Å². The fourth-order valence-corrected chi connectivity index (χ4v) is 5.14. The number of hydrogen-bond acceptors (Lipinski definition) is 5. The smallest absolute Gasteiger partial charge is 0.269 e. The maximum atomic E-state index is 12.6. The molecule has 2 aromatic carbocycles. The zero-order chi connectivity index (χ0) is 18.8. The zero-order valence-electron chi connectivity index (χ0n) is 14.5. The van der Waals surface area contributed by atoms with Crippen molar-refractivity contribution in [3.63, 3.8) is 0 Å². The molecule has 7 heteroatoms. The predicted octanol–water partition coefficient (Wildman–Crippen LogP) is 6.00. The molecule has 0 fully saturated rings. The van der Waals surface area contributed by atoms with Crippen LogP contribution in [0.15, 0.2) is 54.6 Å². The molecule has 2 aromatic heterocycles. The highest BCUT2D eigenvalue weighted by atomic mass is 35.5. The van der Waals surface area contributed by atoms with Crippen LogP contribution in [-0.4, -0.2) is 16.1 Å². The molecule has 0 bridgehead atoms. The zero-order valence-corrected chi connectivity index (χ0v) is 16.9. The molecule has 0 aliphatic heterocycles. The Bertz CT molecular complexity index is 1090. The molecule has 0 aliphatic rings. The van der Waals surface area contributed by atoms with E-state index in [0.717, 1.165) is 21.5 Å². The van der Waals surface area contributed by atoms with Crippen molar-refractivity contribution in [2.45, 2.75) is 19.3 Å². The molecule has 136 valence electrons. The van der Waals surface area contributed by atoms with Crippen molar-refractivity contribution in [1.82, 2.24) is 10.2 Å². The van der Waals surface area contributed by atoms with Gasteiger partial charge in [-0.3, -0.25) is 10.1 Å². The van der Waals surface area contributed by atoms with Crippen LogP contribution in [0.3, 0.4) is 0 Å². The molecule has 1 atom stereocenters. The summed E-state index contributed by atoms with van der Waals surface area (Å²) < 4.78 is 0.988.